The van der Waals surface area contributed by atoms with Gasteiger partial charge in [0.25, 0.3) is 5.56 Å². The molecule has 4 rings (SSSR count). The fraction of sp³-hybridized carbons (Fsp3) is 0.520. The number of piperidine rings is 1. The molecular formula is C25H36N7O4P. The van der Waals surface area contributed by atoms with Crippen LogP contribution in [0.1, 0.15) is 38.4 Å². The lowest BCUT2D eigenvalue weighted by atomic mass is 10.0. The molecule has 12 heteroatoms. The molecular weight excluding hydrogens is 493 g/mol. The molecule has 0 unspecified atom stereocenters. The first-order valence-corrected chi connectivity index (χ1v) is 14.3. The molecule has 1 aliphatic rings. The highest BCUT2D eigenvalue weighted by atomic mass is 31.2. The first kappa shape index (κ1) is 27.2. The average molecular weight is 530 g/mol. The highest BCUT2D eigenvalue weighted by molar-refractivity contribution is 7.53. The predicted octanol–water partition coefficient (Wildman–Crippen LogP) is 3.67. The molecule has 0 radical (unpaired) electrons. The van der Waals surface area contributed by atoms with Crippen LogP contribution in [0.3, 0.4) is 0 Å². The Labute approximate surface area is 217 Å². The van der Waals surface area contributed by atoms with Gasteiger partial charge in [-0.25, -0.2) is 9.97 Å². The van der Waals surface area contributed by atoms with E-state index < -0.39 is 7.60 Å². The summed E-state index contributed by atoms with van der Waals surface area (Å²) in [5, 5.41) is 0.778. The third-order valence-electron chi connectivity index (χ3n) is 6.56. The van der Waals surface area contributed by atoms with Gasteiger partial charge >= 0.3 is 7.60 Å². The van der Waals surface area contributed by atoms with Gasteiger partial charge in [-0.3, -0.25) is 18.8 Å². The van der Waals surface area contributed by atoms with Crippen molar-refractivity contribution in [2.75, 3.05) is 57.3 Å². The van der Waals surface area contributed by atoms with Crippen LogP contribution in [0.5, 0.6) is 0 Å². The van der Waals surface area contributed by atoms with E-state index in [1.165, 1.54) is 0 Å². The Hall–Kier alpha value is -2.85. The molecule has 0 bridgehead atoms. The van der Waals surface area contributed by atoms with Crippen LogP contribution in [0.15, 0.2) is 29.2 Å². The van der Waals surface area contributed by atoms with Crippen molar-refractivity contribution < 1.29 is 13.6 Å². The molecule has 11 nitrogen and oxygen atoms in total. The summed E-state index contributed by atoms with van der Waals surface area (Å²) in [6.45, 7) is 7.42. The van der Waals surface area contributed by atoms with Gasteiger partial charge in [0.15, 0.2) is 0 Å². The lowest BCUT2D eigenvalue weighted by molar-refractivity contribution is 0.169. The third-order valence-corrected chi connectivity index (χ3v) is 8.61. The number of rotatable bonds is 9. The van der Waals surface area contributed by atoms with Crippen molar-refractivity contribution in [3.63, 3.8) is 0 Å². The number of aromatic nitrogens is 4. The smallest absolute Gasteiger partial charge is 0.344 e. The molecule has 0 amide bonds. The van der Waals surface area contributed by atoms with Crippen LogP contribution in [0.25, 0.3) is 22.2 Å². The highest BCUT2D eigenvalue weighted by Gasteiger charge is 2.31. The number of nitrogen functional groups attached to an aromatic ring is 1. The van der Waals surface area contributed by atoms with Crippen LogP contribution in [0, 0.1) is 6.92 Å². The van der Waals surface area contributed by atoms with Gasteiger partial charge < -0.3 is 19.7 Å². The van der Waals surface area contributed by atoms with Gasteiger partial charge in [-0.1, -0.05) is 0 Å². The standard InChI is InChI=1S/C25H36N7O4P/c1-6-35-37(34,36-7-2)16-31-12-10-19(11-13-31)32-23-20(17(3)28-25(26)29-23)14-21(24(32)33)18-8-9-22(27-15-18)30(4)5/h8-9,14-15,19H,6-7,10-13,16H2,1-5H3,(H2,26,28,29). The molecule has 0 atom stereocenters. The van der Waals surface area contributed by atoms with Crippen LogP contribution in [0.2, 0.25) is 0 Å². The SMILES string of the molecule is CCOP(=O)(CN1CCC(n2c(=O)c(-c3ccc(N(C)C)nc3)cc3c(C)nc(N)nc32)CC1)OCC. The van der Waals surface area contributed by atoms with Gasteiger partial charge in [0, 0.05) is 55.9 Å². The van der Waals surface area contributed by atoms with Crippen LogP contribution >= 0.6 is 7.60 Å². The van der Waals surface area contributed by atoms with Gasteiger partial charge in [0.05, 0.1) is 18.9 Å². The van der Waals surface area contributed by atoms with E-state index in [2.05, 4.69) is 19.9 Å². The number of hydrogen-bond donors (Lipinski definition) is 1. The van der Waals surface area contributed by atoms with E-state index in [-0.39, 0.29) is 23.8 Å². The second-order valence-corrected chi connectivity index (χ2v) is 11.4. The fourth-order valence-corrected chi connectivity index (χ4v) is 6.60. The summed E-state index contributed by atoms with van der Waals surface area (Å²) in [6.07, 6.45) is 3.31. The summed E-state index contributed by atoms with van der Waals surface area (Å²) >= 11 is 0. The lowest BCUT2D eigenvalue weighted by Crippen LogP contribution is -2.39. The predicted molar refractivity (Wildman–Crippen MR) is 146 cm³/mol. The molecule has 2 N–H and O–H groups in total. The Bertz CT molecular complexity index is 1340. The van der Waals surface area contributed by atoms with Gasteiger partial charge in [0.1, 0.15) is 17.8 Å². The first-order chi connectivity index (χ1) is 17.7. The van der Waals surface area contributed by atoms with E-state index in [4.69, 9.17) is 14.8 Å². The monoisotopic (exact) mass is 529 g/mol. The minimum atomic E-state index is -3.19. The average Bonchev–Trinajstić information content (AvgIpc) is 2.85. The number of hydrogen-bond acceptors (Lipinski definition) is 10. The second kappa shape index (κ2) is 11.3. The molecule has 0 saturated carbocycles. The molecule has 0 aromatic carbocycles. The summed E-state index contributed by atoms with van der Waals surface area (Å²) in [4.78, 5) is 31.2. The topological polar surface area (TPSA) is 129 Å². The van der Waals surface area contributed by atoms with Crippen molar-refractivity contribution in [1.82, 2.24) is 24.4 Å². The van der Waals surface area contributed by atoms with Crippen molar-refractivity contribution in [2.24, 2.45) is 0 Å². The highest BCUT2D eigenvalue weighted by Crippen LogP contribution is 2.49. The van der Waals surface area contributed by atoms with Crippen molar-refractivity contribution in [2.45, 2.75) is 39.7 Å². The van der Waals surface area contributed by atoms with E-state index >= 15 is 0 Å². The zero-order valence-electron chi connectivity index (χ0n) is 22.2. The Kier molecular flexibility index (Phi) is 8.28. The Balaban J connectivity index is 1.70. The maximum absolute atomic E-state index is 13.9. The molecule has 1 saturated heterocycles. The summed E-state index contributed by atoms with van der Waals surface area (Å²) in [7, 11) is 0.651. The maximum Gasteiger partial charge on any atom is 0.344 e. The largest absolute Gasteiger partial charge is 0.368 e. The molecule has 3 aromatic rings. The summed E-state index contributed by atoms with van der Waals surface area (Å²) in [6, 6.07) is 5.53. The number of aryl methyl sites for hydroxylation is 1. The number of likely N-dealkylation sites (tertiary alicyclic amines) is 1. The Morgan fingerprint density at radius 2 is 1.81 bits per heavy atom. The minimum Gasteiger partial charge on any atom is -0.368 e. The summed E-state index contributed by atoms with van der Waals surface area (Å²) < 4.78 is 25.7. The van der Waals surface area contributed by atoms with Crippen LogP contribution in [-0.2, 0) is 13.6 Å². The maximum atomic E-state index is 13.9. The Morgan fingerprint density at radius 3 is 2.38 bits per heavy atom. The van der Waals surface area contributed by atoms with Crippen LogP contribution < -0.4 is 16.2 Å². The molecule has 0 spiro atoms. The summed E-state index contributed by atoms with van der Waals surface area (Å²) in [5.74, 6) is 0.940. The van der Waals surface area contributed by atoms with E-state index in [1.807, 2.05) is 58.0 Å². The zero-order valence-corrected chi connectivity index (χ0v) is 23.1. The molecule has 37 heavy (non-hydrogen) atoms. The molecule has 1 aliphatic heterocycles. The van der Waals surface area contributed by atoms with E-state index in [0.29, 0.717) is 56.0 Å². The molecule has 3 aromatic heterocycles. The first-order valence-electron chi connectivity index (χ1n) is 12.6. The minimum absolute atomic E-state index is 0.104. The molecule has 4 heterocycles. The number of nitrogens with two attached hydrogens (primary N) is 1. The van der Waals surface area contributed by atoms with Gasteiger partial charge in [-0.2, -0.15) is 4.98 Å². The number of nitrogens with zero attached hydrogens (tertiary/aromatic N) is 6. The van der Waals surface area contributed by atoms with Crippen LogP contribution in [0.4, 0.5) is 11.8 Å². The van der Waals surface area contributed by atoms with Crippen molar-refractivity contribution in [3.8, 4) is 11.1 Å². The normalized spacial score (nSPS) is 15.4. The van der Waals surface area contributed by atoms with Crippen molar-refractivity contribution in [1.29, 1.82) is 0 Å². The van der Waals surface area contributed by atoms with Crippen LogP contribution in [-0.4, -0.2) is 71.1 Å². The number of anilines is 2. The van der Waals surface area contributed by atoms with E-state index in [1.54, 1.807) is 10.8 Å². The zero-order chi connectivity index (χ0) is 26.7. The van der Waals surface area contributed by atoms with Crippen molar-refractivity contribution in [3.05, 3.63) is 40.4 Å². The van der Waals surface area contributed by atoms with Gasteiger partial charge in [-0.15, -0.1) is 0 Å². The molecule has 1 fully saturated rings. The quantitative estimate of drug-likeness (QED) is 0.410. The fourth-order valence-electron chi connectivity index (χ4n) is 4.80. The van der Waals surface area contributed by atoms with E-state index in [0.717, 1.165) is 16.8 Å². The Morgan fingerprint density at radius 1 is 1.14 bits per heavy atom. The summed E-state index contributed by atoms with van der Waals surface area (Å²) in [5.41, 5.74) is 8.37. The molecule has 0 aliphatic carbocycles. The molecule has 200 valence electrons. The second-order valence-electron chi connectivity index (χ2n) is 9.37. The number of fused-ring (bicyclic) bond motifs is 1. The van der Waals surface area contributed by atoms with E-state index in [9.17, 15) is 9.36 Å². The number of pyridine rings is 2. The van der Waals surface area contributed by atoms with Gasteiger partial charge in [0.2, 0.25) is 5.95 Å². The van der Waals surface area contributed by atoms with Gasteiger partial charge in [-0.05, 0) is 51.8 Å². The lowest BCUT2D eigenvalue weighted by Gasteiger charge is -2.34. The van der Waals surface area contributed by atoms with Crippen molar-refractivity contribution >= 4 is 30.4 Å². The third kappa shape index (κ3) is 5.85.